The average Bonchev–Trinajstić information content (AvgIpc) is 2.86. The van der Waals surface area contributed by atoms with Gasteiger partial charge in [0.05, 0.1) is 15.7 Å². The van der Waals surface area contributed by atoms with Crippen molar-refractivity contribution in [3.8, 4) is 0 Å². The molecule has 2 fully saturated rings. The van der Waals surface area contributed by atoms with E-state index in [0.717, 1.165) is 56.2 Å². The minimum Gasteiger partial charge on any atom is -0.368 e. The van der Waals surface area contributed by atoms with Crippen LogP contribution in [0.4, 0.5) is 10.5 Å². The monoisotopic (exact) mass is 502 g/mol. The summed E-state index contributed by atoms with van der Waals surface area (Å²) in [5.41, 5.74) is 2.16. The van der Waals surface area contributed by atoms with E-state index in [0.29, 0.717) is 22.6 Å². The second-order valence-electron chi connectivity index (χ2n) is 9.71. The number of hydrogen-bond donors (Lipinski definition) is 2. The topological polar surface area (TPSA) is 47.6 Å². The first-order chi connectivity index (χ1) is 16.5. The van der Waals surface area contributed by atoms with Gasteiger partial charge in [0, 0.05) is 44.8 Å². The maximum absolute atomic E-state index is 12.3. The van der Waals surface area contributed by atoms with E-state index in [9.17, 15) is 4.79 Å². The van der Waals surface area contributed by atoms with Crippen molar-refractivity contribution < 1.29 is 4.79 Å². The van der Waals surface area contributed by atoms with Gasteiger partial charge in [-0.25, -0.2) is 4.79 Å². The molecule has 0 bridgehead atoms. The van der Waals surface area contributed by atoms with Gasteiger partial charge >= 0.3 is 6.03 Å². The molecule has 2 aromatic carbocycles. The molecule has 1 aliphatic heterocycles. The van der Waals surface area contributed by atoms with Gasteiger partial charge in [-0.05, 0) is 62.6 Å². The summed E-state index contributed by atoms with van der Waals surface area (Å²) in [6.45, 7) is 6.96. The number of carbonyl (C=O) groups is 1. The van der Waals surface area contributed by atoms with Crippen LogP contribution < -0.4 is 15.5 Å². The summed E-state index contributed by atoms with van der Waals surface area (Å²) in [5.74, 6) is 0.737. The number of hydrogen-bond acceptors (Lipinski definition) is 3. The van der Waals surface area contributed by atoms with E-state index in [1.807, 2.05) is 42.5 Å². The van der Waals surface area contributed by atoms with Crippen LogP contribution in [-0.2, 0) is 6.54 Å². The molecule has 184 valence electrons. The average molecular weight is 504 g/mol. The molecule has 1 saturated heterocycles. The predicted molar refractivity (Wildman–Crippen MR) is 142 cm³/mol. The quantitative estimate of drug-likeness (QED) is 0.491. The van der Waals surface area contributed by atoms with E-state index >= 15 is 0 Å². The number of benzene rings is 2. The highest BCUT2D eigenvalue weighted by Gasteiger charge is 2.27. The minimum atomic E-state index is -0.0571. The van der Waals surface area contributed by atoms with Crippen molar-refractivity contribution in [2.24, 2.45) is 5.92 Å². The Morgan fingerprint density at radius 3 is 2.38 bits per heavy atom. The molecule has 2 amide bonds. The number of halogens is 2. The molecule has 5 nitrogen and oxygen atoms in total. The van der Waals surface area contributed by atoms with E-state index in [4.69, 9.17) is 23.2 Å². The van der Waals surface area contributed by atoms with Crippen molar-refractivity contribution in [3.05, 3.63) is 64.1 Å². The summed E-state index contributed by atoms with van der Waals surface area (Å²) < 4.78 is 0. The van der Waals surface area contributed by atoms with Gasteiger partial charge in [-0.2, -0.15) is 0 Å². The van der Waals surface area contributed by atoms with Crippen LogP contribution >= 0.6 is 23.2 Å². The maximum atomic E-state index is 12.3. The third-order valence-corrected chi connectivity index (χ3v) is 8.17. The fourth-order valence-electron chi connectivity index (χ4n) is 5.33. The number of anilines is 1. The highest BCUT2D eigenvalue weighted by Crippen LogP contribution is 2.34. The second kappa shape index (κ2) is 12.1. The maximum Gasteiger partial charge on any atom is 0.315 e. The third kappa shape index (κ3) is 6.80. The summed E-state index contributed by atoms with van der Waals surface area (Å²) in [6.07, 6.45) is 5.73. The molecule has 1 aliphatic carbocycles. The first-order valence-electron chi connectivity index (χ1n) is 12.5. The fourth-order valence-corrected chi connectivity index (χ4v) is 5.74. The lowest BCUT2D eigenvalue weighted by Crippen LogP contribution is -2.50. The normalized spacial score (nSPS) is 22.3. The van der Waals surface area contributed by atoms with Crippen LogP contribution in [0.15, 0.2) is 48.5 Å². The molecular formula is C27H36Cl2N4O. The Balaban J connectivity index is 1.15. The van der Waals surface area contributed by atoms with Crippen LogP contribution in [0.3, 0.4) is 0 Å². The predicted octanol–water partition coefficient (Wildman–Crippen LogP) is 5.95. The Morgan fingerprint density at radius 1 is 0.971 bits per heavy atom. The lowest BCUT2D eigenvalue weighted by molar-refractivity contribution is 0.154. The van der Waals surface area contributed by atoms with Crippen LogP contribution in [0.1, 0.15) is 44.6 Å². The van der Waals surface area contributed by atoms with Gasteiger partial charge in [-0.3, -0.25) is 4.90 Å². The number of piperazine rings is 1. The standard InChI is InChI=1S/C27H36Cl2N4O/c1-20(32-14-16-33(17-15-32)25-9-5-8-24(28)26(25)29)18-21-10-12-23(13-11-21)31-27(34)30-19-22-6-3-2-4-7-22/h2-9,20-21,23H,10-19H2,1H3,(H2,30,31,34)/t20?,21-,23-. The van der Waals surface area contributed by atoms with Gasteiger partial charge in [0.1, 0.15) is 0 Å². The fraction of sp³-hybridized carbons (Fsp3) is 0.519. The summed E-state index contributed by atoms with van der Waals surface area (Å²) >= 11 is 12.6. The number of urea groups is 1. The smallest absolute Gasteiger partial charge is 0.315 e. The van der Waals surface area contributed by atoms with E-state index in [-0.39, 0.29) is 12.1 Å². The Labute approximate surface area is 213 Å². The van der Waals surface area contributed by atoms with Gasteiger partial charge in [-0.15, -0.1) is 0 Å². The zero-order valence-electron chi connectivity index (χ0n) is 20.0. The summed E-state index contributed by atoms with van der Waals surface area (Å²) in [5, 5.41) is 7.42. The van der Waals surface area contributed by atoms with Gasteiger partial charge in [-0.1, -0.05) is 59.6 Å². The summed E-state index contributed by atoms with van der Waals surface area (Å²) in [7, 11) is 0. The molecule has 2 aliphatic rings. The molecule has 7 heteroatoms. The SMILES string of the molecule is CC(C[C@H]1CC[C@H](NC(=O)NCc2ccccc2)CC1)N1CCN(c2cccc(Cl)c2Cl)CC1. The first-order valence-corrected chi connectivity index (χ1v) is 13.3. The zero-order valence-corrected chi connectivity index (χ0v) is 21.5. The third-order valence-electron chi connectivity index (χ3n) is 7.36. The number of nitrogens with one attached hydrogen (secondary N) is 2. The number of rotatable bonds is 7. The van der Waals surface area contributed by atoms with Crippen LogP contribution in [-0.4, -0.2) is 49.2 Å². The molecule has 1 atom stereocenters. The summed E-state index contributed by atoms with van der Waals surface area (Å²) in [4.78, 5) is 17.2. The highest BCUT2D eigenvalue weighted by molar-refractivity contribution is 6.43. The van der Waals surface area contributed by atoms with Gasteiger partial charge in [0.25, 0.3) is 0 Å². The van der Waals surface area contributed by atoms with Crippen molar-refractivity contribution in [2.75, 3.05) is 31.1 Å². The molecule has 1 unspecified atom stereocenters. The van der Waals surface area contributed by atoms with Crippen molar-refractivity contribution in [1.82, 2.24) is 15.5 Å². The van der Waals surface area contributed by atoms with Crippen molar-refractivity contribution >= 4 is 34.9 Å². The molecule has 1 saturated carbocycles. The Bertz CT molecular complexity index is 925. The van der Waals surface area contributed by atoms with Gasteiger partial charge in [0.15, 0.2) is 0 Å². The van der Waals surface area contributed by atoms with E-state index in [2.05, 4.69) is 33.4 Å². The first kappa shape index (κ1) is 25.2. The minimum absolute atomic E-state index is 0.0571. The van der Waals surface area contributed by atoms with E-state index < -0.39 is 0 Å². The van der Waals surface area contributed by atoms with Crippen LogP contribution in [0.25, 0.3) is 0 Å². The Morgan fingerprint density at radius 2 is 1.68 bits per heavy atom. The van der Waals surface area contributed by atoms with Crippen LogP contribution in [0.5, 0.6) is 0 Å². The van der Waals surface area contributed by atoms with Crippen molar-refractivity contribution in [1.29, 1.82) is 0 Å². The van der Waals surface area contributed by atoms with Crippen molar-refractivity contribution in [3.63, 3.8) is 0 Å². The Kier molecular flexibility index (Phi) is 8.98. The number of nitrogens with zero attached hydrogens (tertiary/aromatic N) is 2. The molecule has 0 radical (unpaired) electrons. The molecule has 2 aromatic rings. The highest BCUT2D eigenvalue weighted by atomic mass is 35.5. The summed E-state index contributed by atoms with van der Waals surface area (Å²) in [6, 6.07) is 16.7. The Hall–Kier alpha value is -1.95. The van der Waals surface area contributed by atoms with Crippen molar-refractivity contribution in [2.45, 2.75) is 57.7 Å². The zero-order chi connectivity index (χ0) is 23.9. The van der Waals surface area contributed by atoms with Crippen LogP contribution in [0.2, 0.25) is 10.0 Å². The van der Waals surface area contributed by atoms with E-state index in [1.165, 1.54) is 19.3 Å². The van der Waals surface area contributed by atoms with Crippen LogP contribution in [0, 0.1) is 5.92 Å². The van der Waals surface area contributed by atoms with E-state index in [1.54, 1.807) is 0 Å². The lowest BCUT2D eigenvalue weighted by Gasteiger charge is -2.41. The lowest BCUT2D eigenvalue weighted by atomic mass is 9.82. The molecular weight excluding hydrogens is 467 g/mol. The second-order valence-corrected chi connectivity index (χ2v) is 10.5. The molecule has 34 heavy (non-hydrogen) atoms. The molecule has 1 heterocycles. The molecule has 0 spiro atoms. The molecule has 0 aromatic heterocycles. The molecule has 4 rings (SSSR count). The van der Waals surface area contributed by atoms with Gasteiger partial charge in [0.2, 0.25) is 0 Å². The van der Waals surface area contributed by atoms with Gasteiger partial charge < -0.3 is 15.5 Å². The largest absolute Gasteiger partial charge is 0.368 e. The number of amides is 2. The number of carbonyl (C=O) groups excluding carboxylic acids is 1. The molecule has 2 N–H and O–H groups in total.